The molecular weight excluding hydrogens is 172 g/mol. The van der Waals surface area contributed by atoms with Gasteiger partial charge in [-0.3, -0.25) is 0 Å². The van der Waals surface area contributed by atoms with Gasteiger partial charge in [0.25, 0.3) is 0 Å². The van der Waals surface area contributed by atoms with Crippen molar-refractivity contribution >= 4 is 0 Å². The highest BCUT2D eigenvalue weighted by Crippen LogP contribution is 2.06. The van der Waals surface area contributed by atoms with E-state index in [2.05, 4.69) is 0 Å². The largest absolute Gasteiger partial charge is 0.325 e. The van der Waals surface area contributed by atoms with Crippen LogP contribution in [0, 0.1) is 5.82 Å². The number of rotatable bonds is 3. The number of hydrogen-bond acceptors (Lipinski definition) is 1. The second-order valence-electron chi connectivity index (χ2n) is 2.69. The van der Waals surface area contributed by atoms with E-state index in [1.165, 1.54) is 18.2 Å². The Morgan fingerprint density at radius 1 is 1.46 bits per heavy atom. The standard InChI is InChI=1S/C10H11F2N/c11-9-3-1-2-8(6-9)4-5-10(12)7-13/h1-3,5-6H,4,7,13H2/b10-5+. The molecule has 0 amide bonds. The molecule has 1 aromatic carbocycles. The molecule has 0 bridgehead atoms. The Morgan fingerprint density at radius 3 is 2.85 bits per heavy atom. The Hall–Kier alpha value is -1.22. The Morgan fingerprint density at radius 2 is 2.23 bits per heavy atom. The van der Waals surface area contributed by atoms with Gasteiger partial charge in [0.2, 0.25) is 0 Å². The van der Waals surface area contributed by atoms with Crippen molar-refractivity contribution in [3.05, 3.63) is 47.5 Å². The zero-order valence-corrected chi connectivity index (χ0v) is 7.13. The fourth-order valence-electron chi connectivity index (χ4n) is 0.976. The molecule has 0 radical (unpaired) electrons. The third-order valence-electron chi connectivity index (χ3n) is 1.64. The summed E-state index contributed by atoms with van der Waals surface area (Å²) in [6.07, 6.45) is 1.73. The predicted molar refractivity (Wildman–Crippen MR) is 48.3 cm³/mol. The molecule has 0 spiro atoms. The predicted octanol–water partition coefficient (Wildman–Crippen LogP) is 2.18. The van der Waals surface area contributed by atoms with Crippen LogP contribution in [0.2, 0.25) is 0 Å². The van der Waals surface area contributed by atoms with Gasteiger partial charge in [-0.05, 0) is 30.2 Å². The summed E-state index contributed by atoms with van der Waals surface area (Å²) in [6, 6.07) is 6.06. The van der Waals surface area contributed by atoms with E-state index >= 15 is 0 Å². The van der Waals surface area contributed by atoms with Crippen molar-refractivity contribution in [1.29, 1.82) is 0 Å². The molecule has 2 N–H and O–H groups in total. The Bertz CT molecular complexity index is 308. The Balaban J connectivity index is 2.64. The maximum Gasteiger partial charge on any atom is 0.123 e. The highest BCUT2D eigenvalue weighted by atomic mass is 19.1. The molecule has 1 rings (SSSR count). The first-order chi connectivity index (χ1) is 6.22. The lowest BCUT2D eigenvalue weighted by Crippen LogP contribution is -1.99. The van der Waals surface area contributed by atoms with Crippen LogP contribution >= 0.6 is 0 Å². The minimum absolute atomic E-state index is 0.102. The molecule has 0 aliphatic heterocycles. The number of hydrogen-bond donors (Lipinski definition) is 1. The first kappa shape index (κ1) is 9.86. The van der Waals surface area contributed by atoms with Crippen molar-refractivity contribution < 1.29 is 8.78 Å². The Labute approximate surface area is 75.9 Å². The van der Waals surface area contributed by atoms with Crippen molar-refractivity contribution in [1.82, 2.24) is 0 Å². The molecule has 0 saturated heterocycles. The van der Waals surface area contributed by atoms with E-state index in [1.807, 2.05) is 0 Å². The van der Waals surface area contributed by atoms with E-state index in [0.29, 0.717) is 6.42 Å². The molecule has 0 fully saturated rings. The van der Waals surface area contributed by atoms with Crippen molar-refractivity contribution in [3.8, 4) is 0 Å². The molecule has 0 saturated carbocycles. The highest BCUT2D eigenvalue weighted by molar-refractivity contribution is 5.19. The number of benzene rings is 1. The maximum atomic E-state index is 12.6. The number of halogens is 2. The maximum absolute atomic E-state index is 12.6. The molecule has 1 aromatic rings. The van der Waals surface area contributed by atoms with E-state index < -0.39 is 0 Å². The molecule has 0 atom stereocenters. The van der Waals surface area contributed by atoms with Crippen LogP contribution in [0.25, 0.3) is 0 Å². The minimum atomic E-state index is -0.371. The average Bonchev–Trinajstić information content (AvgIpc) is 2.14. The normalized spacial score (nSPS) is 11.8. The fourth-order valence-corrected chi connectivity index (χ4v) is 0.976. The summed E-state index contributed by atoms with van der Waals surface area (Å²) < 4.78 is 25.2. The van der Waals surface area contributed by atoms with Crippen LogP contribution < -0.4 is 5.73 Å². The van der Waals surface area contributed by atoms with E-state index in [0.717, 1.165) is 5.56 Å². The monoisotopic (exact) mass is 183 g/mol. The van der Waals surface area contributed by atoms with E-state index in [-0.39, 0.29) is 18.2 Å². The van der Waals surface area contributed by atoms with Gasteiger partial charge in [0, 0.05) is 6.54 Å². The van der Waals surface area contributed by atoms with Crippen LogP contribution in [0.5, 0.6) is 0 Å². The highest BCUT2D eigenvalue weighted by Gasteiger charge is 1.94. The lowest BCUT2D eigenvalue weighted by Gasteiger charge is -1.96. The van der Waals surface area contributed by atoms with Crippen molar-refractivity contribution in [2.45, 2.75) is 6.42 Å². The van der Waals surface area contributed by atoms with Crippen LogP contribution in [0.15, 0.2) is 36.2 Å². The topological polar surface area (TPSA) is 26.0 Å². The van der Waals surface area contributed by atoms with Gasteiger partial charge in [-0.15, -0.1) is 0 Å². The quantitative estimate of drug-likeness (QED) is 0.763. The molecule has 0 aromatic heterocycles. The van der Waals surface area contributed by atoms with Gasteiger partial charge in [0.15, 0.2) is 0 Å². The summed E-state index contributed by atoms with van der Waals surface area (Å²) in [6.45, 7) is -0.102. The van der Waals surface area contributed by atoms with Gasteiger partial charge in [0.1, 0.15) is 11.6 Å². The molecule has 0 heterocycles. The molecule has 70 valence electrons. The van der Waals surface area contributed by atoms with E-state index in [4.69, 9.17) is 5.73 Å². The minimum Gasteiger partial charge on any atom is -0.325 e. The first-order valence-electron chi connectivity index (χ1n) is 4.01. The second-order valence-corrected chi connectivity index (χ2v) is 2.69. The molecule has 1 nitrogen and oxygen atoms in total. The Kier molecular flexibility index (Phi) is 3.58. The van der Waals surface area contributed by atoms with Crippen molar-refractivity contribution in [3.63, 3.8) is 0 Å². The summed E-state index contributed by atoms with van der Waals surface area (Å²) in [5, 5.41) is 0. The first-order valence-corrected chi connectivity index (χ1v) is 4.01. The van der Waals surface area contributed by atoms with Crippen LogP contribution in [0.3, 0.4) is 0 Å². The summed E-state index contributed by atoms with van der Waals surface area (Å²) in [7, 11) is 0. The molecular formula is C10H11F2N. The van der Waals surface area contributed by atoms with Crippen molar-refractivity contribution in [2.24, 2.45) is 5.73 Å². The lowest BCUT2D eigenvalue weighted by atomic mass is 10.1. The molecule has 0 aliphatic rings. The molecule has 0 unspecified atom stereocenters. The van der Waals surface area contributed by atoms with Crippen LogP contribution in [-0.2, 0) is 6.42 Å². The fraction of sp³-hybridized carbons (Fsp3) is 0.200. The number of allylic oxidation sites excluding steroid dienone is 1. The average molecular weight is 183 g/mol. The van der Waals surface area contributed by atoms with Crippen LogP contribution in [0.4, 0.5) is 8.78 Å². The van der Waals surface area contributed by atoms with Gasteiger partial charge in [-0.1, -0.05) is 12.1 Å². The van der Waals surface area contributed by atoms with Gasteiger partial charge >= 0.3 is 0 Å². The zero-order valence-electron chi connectivity index (χ0n) is 7.13. The van der Waals surface area contributed by atoms with Gasteiger partial charge in [0.05, 0.1) is 0 Å². The SMILES string of the molecule is NC/C(F)=C\Cc1cccc(F)c1. The van der Waals surface area contributed by atoms with Crippen LogP contribution in [-0.4, -0.2) is 6.54 Å². The number of nitrogens with two attached hydrogens (primary N) is 1. The smallest absolute Gasteiger partial charge is 0.123 e. The van der Waals surface area contributed by atoms with Crippen molar-refractivity contribution in [2.75, 3.05) is 6.54 Å². The van der Waals surface area contributed by atoms with Crippen LogP contribution in [0.1, 0.15) is 5.56 Å². The van der Waals surface area contributed by atoms with E-state index in [9.17, 15) is 8.78 Å². The van der Waals surface area contributed by atoms with Gasteiger partial charge in [-0.25, -0.2) is 8.78 Å². The summed E-state index contributed by atoms with van der Waals surface area (Å²) in [5.74, 6) is -0.677. The second kappa shape index (κ2) is 4.72. The molecule has 3 heteroatoms. The van der Waals surface area contributed by atoms with Gasteiger partial charge < -0.3 is 5.73 Å². The summed E-state index contributed by atoms with van der Waals surface area (Å²) in [5.41, 5.74) is 5.79. The van der Waals surface area contributed by atoms with E-state index in [1.54, 1.807) is 12.1 Å². The third-order valence-corrected chi connectivity index (χ3v) is 1.64. The summed E-state index contributed by atoms with van der Waals surface area (Å²) in [4.78, 5) is 0. The summed E-state index contributed by atoms with van der Waals surface area (Å²) >= 11 is 0. The molecule has 13 heavy (non-hydrogen) atoms. The lowest BCUT2D eigenvalue weighted by molar-refractivity contribution is 0.612. The molecule has 0 aliphatic carbocycles. The van der Waals surface area contributed by atoms with Gasteiger partial charge in [-0.2, -0.15) is 0 Å². The third kappa shape index (κ3) is 3.34. The zero-order chi connectivity index (χ0) is 9.68.